The molecule has 0 aliphatic carbocycles. The number of aromatic carboxylic acids is 1. The van der Waals surface area contributed by atoms with Crippen LogP contribution in [0.15, 0.2) is 30.5 Å². The van der Waals surface area contributed by atoms with Gasteiger partial charge in [-0.2, -0.15) is 0 Å². The molecule has 0 saturated carbocycles. The Bertz CT molecular complexity index is 621. The highest BCUT2D eigenvalue weighted by Crippen LogP contribution is 2.21. The van der Waals surface area contributed by atoms with E-state index in [4.69, 9.17) is 5.11 Å². The van der Waals surface area contributed by atoms with Crippen LogP contribution in [0.25, 0.3) is 16.7 Å². The summed E-state index contributed by atoms with van der Waals surface area (Å²) < 4.78 is 1.84. The molecule has 3 heterocycles. The number of pyridine rings is 1. The Labute approximate surface area is 78.8 Å². The van der Waals surface area contributed by atoms with Gasteiger partial charge in [0.05, 0.1) is 22.8 Å². The first-order chi connectivity index (χ1) is 6.77. The third-order valence-electron chi connectivity index (χ3n) is 2.36. The van der Waals surface area contributed by atoms with E-state index >= 15 is 0 Å². The molecule has 0 amide bonds. The first-order valence-electron chi connectivity index (χ1n) is 4.19. The summed E-state index contributed by atoms with van der Waals surface area (Å²) in [6.07, 6.45) is 1.68. The summed E-state index contributed by atoms with van der Waals surface area (Å²) in [5, 5.41) is 8.95. The Hall–Kier alpha value is -2.10. The predicted octanol–water partition coefficient (Wildman–Crippen LogP) is 1.62. The van der Waals surface area contributed by atoms with Crippen molar-refractivity contribution < 1.29 is 9.90 Å². The number of nitrogens with zero attached hydrogens (tertiary/aromatic N) is 2. The lowest BCUT2D eigenvalue weighted by Gasteiger charge is -1.94. The normalized spacial score (nSPS) is 11.4. The van der Waals surface area contributed by atoms with E-state index in [2.05, 4.69) is 4.98 Å². The number of hydrogen-bond donors (Lipinski definition) is 1. The van der Waals surface area contributed by atoms with Crippen LogP contribution in [-0.2, 0) is 0 Å². The second kappa shape index (κ2) is 2.23. The van der Waals surface area contributed by atoms with Crippen LogP contribution in [0, 0.1) is 0 Å². The van der Waals surface area contributed by atoms with E-state index in [1.165, 1.54) is 0 Å². The van der Waals surface area contributed by atoms with E-state index in [-0.39, 0.29) is 0 Å². The third-order valence-corrected chi connectivity index (χ3v) is 2.36. The molecule has 3 aromatic heterocycles. The van der Waals surface area contributed by atoms with Gasteiger partial charge >= 0.3 is 5.97 Å². The largest absolute Gasteiger partial charge is 0.478 e. The van der Waals surface area contributed by atoms with Gasteiger partial charge in [-0.15, -0.1) is 0 Å². The number of carboxylic acid groups (broad SMARTS) is 1. The zero-order valence-electron chi connectivity index (χ0n) is 7.14. The van der Waals surface area contributed by atoms with E-state index in [0.29, 0.717) is 11.1 Å². The number of aromatic nitrogens is 2. The second-order valence-electron chi connectivity index (χ2n) is 3.15. The molecule has 0 aliphatic rings. The van der Waals surface area contributed by atoms with Crippen molar-refractivity contribution in [3.63, 3.8) is 0 Å². The van der Waals surface area contributed by atoms with Crippen LogP contribution in [0.1, 0.15) is 10.4 Å². The highest BCUT2D eigenvalue weighted by Gasteiger charge is 2.14. The molecule has 0 aliphatic heterocycles. The number of hydrogen-bond acceptors (Lipinski definition) is 2. The lowest BCUT2D eigenvalue weighted by molar-refractivity contribution is 0.0699. The molecule has 1 N–H and O–H groups in total. The van der Waals surface area contributed by atoms with Gasteiger partial charge in [-0.05, 0) is 18.2 Å². The van der Waals surface area contributed by atoms with Gasteiger partial charge in [-0.25, -0.2) is 9.78 Å². The third kappa shape index (κ3) is 0.724. The summed E-state index contributed by atoms with van der Waals surface area (Å²) in [6, 6.07) is 7.08. The zero-order valence-corrected chi connectivity index (χ0v) is 7.14. The molecule has 0 fully saturated rings. The molecule has 4 nitrogen and oxygen atoms in total. The van der Waals surface area contributed by atoms with Gasteiger partial charge in [0.1, 0.15) is 5.65 Å². The highest BCUT2D eigenvalue weighted by atomic mass is 16.4. The monoisotopic (exact) mass is 186 g/mol. The molecule has 4 heteroatoms. The molecule has 0 saturated heterocycles. The van der Waals surface area contributed by atoms with Crippen molar-refractivity contribution in [1.82, 2.24) is 9.38 Å². The van der Waals surface area contributed by atoms with E-state index in [1.807, 2.05) is 16.5 Å². The van der Waals surface area contributed by atoms with E-state index in [0.717, 1.165) is 11.2 Å². The average molecular weight is 186 g/mol. The fourth-order valence-electron chi connectivity index (χ4n) is 1.77. The molecule has 3 rings (SSSR count). The minimum atomic E-state index is -0.902. The molecule has 68 valence electrons. The summed E-state index contributed by atoms with van der Waals surface area (Å²) in [6.45, 7) is 0. The fourth-order valence-corrected chi connectivity index (χ4v) is 1.77. The number of rotatable bonds is 1. The Balaban J connectivity index is 2.59. The Kier molecular flexibility index (Phi) is 1.16. The van der Waals surface area contributed by atoms with Crippen molar-refractivity contribution >= 4 is 22.6 Å². The van der Waals surface area contributed by atoms with Crippen LogP contribution in [0.5, 0.6) is 0 Å². The van der Waals surface area contributed by atoms with Crippen LogP contribution < -0.4 is 0 Å². The van der Waals surface area contributed by atoms with Gasteiger partial charge in [0.25, 0.3) is 0 Å². The standard InChI is InChI=1S/C10H6N2O2/c13-10(14)7-4-6-5-11-9-3-1-2-8(7)12(6)9/h1-5H,(H,13,14). The first-order valence-corrected chi connectivity index (χ1v) is 4.19. The van der Waals surface area contributed by atoms with Gasteiger partial charge < -0.3 is 5.11 Å². The van der Waals surface area contributed by atoms with Crippen LogP contribution >= 0.6 is 0 Å². The van der Waals surface area contributed by atoms with Gasteiger partial charge in [0.2, 0.25) is 0 Å². The van der Waals surface area contributed by atoms with Crippen molar-refractivity contribution in [1.29, 1.82) is 0 Å². The fraction of sp³-hybridized carbons (Fsp3) is 0. The van der Waals surface area contributed by atoms with Crippen molar-refractivity contribution in [3.05, 3.63) is 36.0 Å². The summed E-state index contributed by atoms with van der Waals surface area (Å²) in [7, 11) is 0. The van der Waals surface area contributed by atoms with Gasteiger partial charge in [-0.3, -0.25) is 4.40 Å². The topological polar surface area (TPSA) is 54.6 Å². The minimum Gasteiger partial charge on any atom is -0.478 e. The van der Waals surface area contributed by atoms with Crippen LogP contribution in [0.4, 0.5) is 0 Å². The maximum absolute atomic E-state index is 10.9. The molecule has 0 bridgehead atoms. The molecule has 0 aromatic carbocycles. The quantitative estimate of drug-likeness (QED) is 0.628. The molecule has 0 unspecified atom stereocenters. The molecule has 0 atom stereocenters. The van der Waals surface area contributed by atoms with E-state index in [9.17, 15) is 4.79 Å². The minimum absolute atomic E-state index is 0.327. The average Bonchev–Trinajstić information content (AvgIpc) is 2.72. The molecule has 3 aromatic rings. The molecule has 0 spiro atoms. The summed E-state index contributed by atoms with van der Waals surface area (Å²) in [5.41, 5.74) is 2.63. The SMILES string of the molecule is O=C(O)c1cc2cnc3cccc1n23. The number of carbonyl (C=O) groups is 1. The van der Waals surface area contributed by atoms with Gasteiger partial charge in [-0.1, -0.05) is 6.07 Å². The number of carboxylic acids is 1. The Morgan fingerprint density at radius 2 is 2.29 bits per heavy atom. The van der Waals surface area contributed by atoms with E-state index in [1.54, 1.807) is 18.3 Å². The maximum atomic E-state index is 10.9. The Morgan fingerprint density at radius 3 is 3.07 bits per heavy atom. The lowest BCUT2D eigenvalue weighted by atomic mass is 10.2. The van der Waals surface area contributed by atoms with Crippen molar-refractivity contribution in [2.24, 2.45) is 0 Å². The van der Waals surface area contributed by atoms with Gasteiger partial charge in [0, 0.05) is 0 Å². The Morgan fingerprint density at radius 1 is 1.43 bits per heavy atom. The zero-order chi connectivity index (χ0) is 9.71. The molecule has 0 radical (unpaired) electrons. The molecule has 14 heavy (non-hydrogen) atoms. The second-order valence-corrected chi connectivity index (χ2v) is 3.15. The lowest BCUT2D eigenvalue weighted by Crippen LogP contribution is -1.95. The summed E-state index contributed by atoms with van der Waals surface area (Å²) in [5.74, 6) is -0.902. The van der Waals surface area contributed by atoms with Crippen molar-refractivity contribution in [2.75, 3.05) is 0 Å². The smallest absolute Gasteiger partial charge is 0.337 e. The predicted molar refractivity (Wildman–Crippen MR) is 50.8 cm³/mol. The van der Waals surface area contributed by atoms with Crippen LogP contribution in [0.3, 0.4) is 0 Å². The van der Waals surface area contributed by atoms with Crippen molar-refractivity contribution in [3.8, 4) is 0 Å². The molecular formula is C10H6N2O2. The molecular weight excluding hydrogens is 180 g/mol. The maximum Gasteiger partial charge on any atom is 0.337 e. The summed E-state index contributed by atoms with van der Waals surface area (Å²) >= 11 is 0. The van der Waals surface area contributed by atoms with Crippen LogP contribution in [-0.4, -0.2) is 20.5 Å². The summed E-state index contributed by atoms with van der Waals surface area (Å²) in [4.78, 5) is 15.1. The number of imidazole rings is 1. The van der Waals surface area contributed by atoms with Crippen LogP contribution in [0.2, 0.25) is 0 Å². The van der Waals surface area contributed by atoms with E-state index < -0.39 is 5.97 Å². The van der Waals surface area contributed by atoms with Crippen molar-refractivity contribution in [2.45, 2.75) is 0 Å². The highest BCUT2D eigenvalue weighted by molar-refractivity contribution is 5.99. The van der Waals surface area contributed by atoms with Gasteiger partial charge in [0.15, 0.2) is 0 Å². The first kappa shape index (κ1) is 7.32.